The number of carbonyl (C=O) groups is 1. The predicted molar refractivity (Wildman–Crippen MR) is 144 cm³/mol. The van der Waals surface area contributed by atoms with E-state index in [2.05, 4.69) is 52.8 Å². The second kappa shape index (κ2) is 12.9. The van der Waals surface area contributed by atoms with Gasteiger partial charge in [0.2, 0.25) is 5.76 Å². The van der Waals surface area contributed by atoms with Gasteiger partial charge in [-0.2, -0.15) is 0 Å². The van der Waals surface area contributed by atoms with E-state index in [1.54, 1.807) is 19.2 Å². The summed E-state index contributed by atoms with van der Waals surface area (Å²) in [4.78, 5) is 12.8. The lowest BCUT2D eigenvalue weighted by Gasteiger charge is -2.39. The van der Waals surface area contributed by atoms with Gasteiger partial charge in [-0.05, 0) is 76.3 Å². The fourth-order valence-corrected chi connectivity index (χ4v) is 17.0. The van der Waals surface area contributed by atoms with Crippen LogP contribution in [0.15, 0.2) is 30.0 Å². The van der Waals surface area contributed by atoms with Crippen LogP contribution in [0, 0.1) is 5.92 Å². The van der Waals surface area contributed by atoms with Crippen molar-refractivity contribution in [3.05, 3.63) is 35.6 Å². The minimum absolute atomic E-state index is 0.00278. The van der Waals surface area contributed by atoms with E-state index in [0.717, 1.165) is 6.04 Å². The van der Waals surface area contributed by atoms with Gasteiger partial charge in [-0.3, -0.25) is 0 Å². The number of methoxy groups -OCH3 is 3. The van der Waals surface area contributed by atoms with Gasteiger partial charge in [0.1, 0.15) is 5.75 Å². The zero-order valence-electron chi connectivity index (χ0n) is 22.9. The number of ether oxygens (including phenoxy) is 4. The molecule has 10 heteroatoms. The molecule has 1 atom stereocenters. The molecule has 0 fully saturated rings. The highest BCUT2D eigenvalue weighted by Gasteiger charge is 2.41. The Balaban J connectivity index is 2.89. The molecule has 0 radical (unpaired) electrons. The molecule has 34 heavy (non-hydrogen) atoms. The third-order valence-corrected chi connectivity index (χ3v) is 14.6. The lowest BCUT2D eigenvalue weighted by atomic mass is 10.1. The molecule has 1 rings (SSSR count). The van der Waals surface area contributed by atoms with E-state index in [0.29, 0.717) is 17.7 Å². The molecule has 0 spiro atoms. The molecular weight excluding hydrogens is 485 g/mol. The number of benzene rings is 1. The van der Waals surface area contributed by atoms with E-state index in [1.807, 2.05) is 12.1 Å². The normalized spacial score (nSPS) is 14.2. The summed E-state index contributed by atoms with van der Waals surface area (Å²) < 4.78 is 35.0. The quantitative estimate of drug-likeness (QED) is 0.127. The molecule has 0 aliphatic heterocycles. The Morgan fingerprint density at radius 3 is 1.91 bits per heavy atom. The van der Waals surface area contributed by atoms with Crippen LogP contribution < -0.4 is 4.74 Å². The number of para-hydroxylation sites is 1. The van der Waals surface area contributed by atoms with Crippen LogP contribution in [0.2, 0.25) is 51.9 Å². The van der Waals surface area contributed by atoms with Gasteiger partial charge in [-0.15, -0.1) is 0 Å². The largest absolute Gasteiger partial charge is 0.496 e. The maximum atomic E-state index is 12.8. The third-order valence-electron chi connectivity index (χ3n) is 4.76. The third kappa shape index (κ3) is 10.3. The summed E-state index contributed by atoms with van der Waals surface area (Å²) in [5.41, 5.74) is 0.614. The summed E-state index contributed by atoms with van der Waals surface area (Å²) in [6.07, 6.45) is 0.701. The number of esters is 1. The summed E-state index contributed by atoms with van der Waals surface area (Å²) >= 11 is 0. The number of hydrogen-bond donors (Lipinski definition) is 0. The van der Waals surface area contributed by atoms with E-state index in [4.69, 9.17) is 27.2 Å². The Morgan fingerprint density at radius 2 is 1.44 bits per heavy atom. The van der Waals surface area contributed by atoms with E-state index >= 15 is 0 Å². The lowest BCUT2D eigenvalue weighted by molar-refractivity contribution is -0.143. The van der Waals surface area contributed by atoms with Crippen molar-refractivity contribution in [1.29, 1.82) is 0 Å². The fraction of sp³-hybridized carbons (Fsp3) is 0.625. The number of rotatable bonds is 14. The maximum absolute atomic E-state index is 12.8. The Bertz CT molecular complexity index is 813. The first-order valence-corrected chi connectivity index (χ1v) is 21.0. The first-order valence-electron chi connectivity index (χ1n) is 11.7. The minimum atomic E-state index is -2.35. The van der Waals surface area contributed by atoms with Gasteiger partial charge in [0.15, 0.2) is 22.4 Å². The SMILES string of the molecule is COC(C(=O)OCCC(C)C[Si](C)(O[Si](C)(C)C)O[Si](C)(C)C)=C(OC)c1ccccc1OC. The second-order valence-corrected chi connectivity index (χ2v) is 23.3. The Morgan fingerprint density at radius 1 is 0.882 bits per heavy atom. The van der Waals surface area contributed by atoms with Crippen LogP contribution in [0.25, 0.3) is 5.76 Å². The summed E-state index contributed by atoms with van der Waals surface area (Å²) in [6, 6.07) is 8.13. The molecule has 0 bridgehead atoms. The van der Waals surface area contributed by atoms with Crippen molar-refractivity contribution in [2.45, 2.75) is 65.2 Å². The summed E-state index contributed by atoms with van der Waals surface area (Å²) in [5, 5.41) is 0. The minimum Gasteiger partial charge on any atom is -0.496 e. The highest BCUT2D eigenvalue weighted by Crippen LogP contribution is 2.30. The van der Waals surface area contributed by atoms with Crippen LogP contribution in [-0.2, 0) is 27.2 Å². The van der Waals surface area contributed by atoms with Crippen molar-refractivity contribution in [2.24, 2.45) is 5.92 Å². The molecule has 1 aromatic rings. The molecule has 0 amide bonds. The summed E-state index contributed by atoms with van der Waals surface area (Å²) in [6.45, 7) is 17.8. The van der Waals surface area contributed by atoms with Gasteiger partial charge >= 0.3 is 14.5 Å². The Labute approximate surface area is 209 Å². The van der Waals surface area contributed by atoms with Gasteiger partial charge in [-0.25, -0.2) is 4.79 Å². The van der Waals surface area contributed by atoms with Crippen LogP contribution in [0.3, 0.4) is 0 Å². The molecule has 0 aliphatic carbocycles. The van der Waals surface area contributed by atoms with Gasteiger partial charge in [0.05, 0.1) is 33.5 Å². The van der Waals surface area contributed by atoms with Crippen molar-refractivity contribution in [3.63, 3.8) is 0 Å². The summed E-state index contributed by atoms with van der Waals surface area (Å²) in [5.74, 6) is 0.551. The standard InChI is InChI=1S/C24H44O7Si3/c1-19(18-34(11,30-32(5,6)7)31-33(8,9)10)16-17-29-24(25)23(28-4)22(27-3)20-14-12-13-15-21(20)26-2/h12-15,19H,16-18H2,1-11H3. The number of hydrogen-bond acceptors (Lipinski definition) is 7. The van der Waals surface area contributed by atoms with Crippen molar-refractivity contribution in [1.82, 2.24) is 0 Å². The predicted octanol–water partition coefficient (Wildman–Crippen LogP) is 6.00. The smallest absolute Gasteiger partial charge is 0.377 e. The molecular formula is C24H44O7Si3. The van der Waals surface area contributed by atoms with Gasteiger partial charge < -0.3 is 27.2 Å². The monoisotopic (exact) mass is 528 g/mol. The molecule has 0 heterocycles. The number of carbonyl (C=O) groups excluding carboxylic acids is 1. The fourth-order valence-electron chi connectivity index (χ4n) is 3.98. The molecule has 0 saturated carbocycles. The van der Waals surface area contributed by atoms with Crippen molar-refractivity contribution >= 4 is 36.9 Å². The first kappa shape index (κ1) is 30.4. The highest BCUT2D eigenvalue weighted by atomic mass is 28.5. The molecule has 1 aromatic carbocycles. The van der Waals surface area contributed by atoms with E-state index < -0.39 is 31.2 Å². The van der Waals surface area contributed by atoms with Crippen LogP contribution in [-0.4, -0.2) is 59.1 Å². The van der Waals surface area contributed by atoms with Gasteiger partial charge in [0.25, 0.3) is 0 Å². The van der Waals surface area contributed by atoms with Crippen molar-refractivity contribution < 1.29 is 32.0 Å². The van der Waals surface area contributed by atoms with E-state index in [1.165, 1.54) is 14.2 Å². The van der Waals surface area contributed by atoms with Crippen LogP contribution >= 0.6 is 0 Å². The average molecular weight is 529 g/mol. The Kier molecular flexibility index (Phi) is 11.6. The second-order valence-electron chi connectivity index (χ2n) is 10.6. The van der Waals surface area contributed by atoms with Crippen LogP contribution in [0.4, 0.5) is 0 Å². The van der Waals surface area contributed by atoms with Crippen LogP contribution in [0.1, 0.15) is 18.9 Å². The van der Waals surface area contributed by atoms with E-state index in [9.17, 15) is 4.79 Å². The highest BCUT2D eigenvalue weighted by molar-refractivity contribution is 6.87. The zero-order chi connectivity index (χ0) is 26.2. The van der Waals surface area contributed by atoms with Crippen molar-refractivity contribution in [3.8, 4) is 5.75 Å². The Hall–Kier alpha value is -1.60. The molecule has 0 aliphatic rings. The topological polar surface area (TPSA) is 72.5 Å². The molecule has 1 unspecified atom stereocenters. The summed E-state index contributed by atoms with van der Waals surface area (Å²) in [7, 11) is -1.40. The molecule has 0 aromatic heterocycles. The molecule has 7 nitrogen and oxygen atoms in total. The van der Waals surface area contributed by atoms with E-state index in [-0.39, 0.29) is 24.0 Å². The lowest BCUT2D eigenvalue weighted by Crippen LogP contribution is -2.53. The molecule has 0 N–H and O–H groups in total. The molecule has 194 valence electrons. The zero-order valence-corrected chi connectivity index (χ0v) is 25.9. The average Bonchev–Trinajstić information content (AvgIpc) is 2.68. The van der Waals surface area contributed by atoms with Gasteiger partial charge in [0, 0.05) is 0 Å². The molecule has 0 saturated heterocycles. The van der Waals surface area contributed by atoms with Gasteiger partial charge in [-0.1, -0.05) is 19.1 Å². The maximum Gasteiger partial charge on any atom is 0.377 e. The van der Waals surface area contributed by atoms with Crippen LogP contribution in [0.5, 0.6) is 5.75 Å². The first-order chi connectivity index (χ1) is 15.6. The van der Waals surface area contributed by atoms with Crippen molar-refractivity contribution in [2.75, 3.05) is 27.9 Å².